The molecule has 3 fully saturated rings. The summed E-state index contributed by atoms with van der Waals surface area (Å²) < 4.78 is 8.38. The first-order valence-corrected chi connectivity index (χ1v) is 16.1. The van der Waals surface area contributed by atoms with Crippen LogP contribution in [0.2, 0.25) is 0 Å². The minimum atomic E-state index is -1.12. The van der Waals surface area contributed by atoms with E-state index in [1.165, 1.54) is 0 Å². The molecule has 6 rings (SSSR count). The Labute approximate surface area is 269 Å². The second-order valence-corrected chi connectivity index (χ2v) is 12.4. The lowest BCUT2D eigenvalue weighted by molar-refractivity contribution is -0.150. The number of unbranched alkanes of at least 4 members (excludes halogenated alkanes) is 2. The third-order valence-corrected chi connectivity index (χ3v) is 9.64. The molecule has 2 bridgehead atoms. The molecular formula is C35H42N6O5. The van der Waals surface area contributed by atoms with Gasteiger partial charge in [0.25, 0.3) is 0 Å². The fraction of sp³-hybridized carbons (Fsp3) is 0.457. The molecule has 0 aliphatic carbocycles. The zero-order valence-corrected chi connectivity index (χ0v) is 26.1. The number of aliphatic hydroxyl groups is 1. The van der Waals surface area contributed by atoms with E-state index in [4.69, 9.17) is 4.74 Å². The van der Waals surface area contributed by atoms with E-state index in [0.29, 0.717) is 57.3 Å². The summed E-state index contributed by atoms with van der Waals surface area (Å²) in [4.78, 5) is 48.5. The van der Waals surface area contributed by atoms with Crippen molar-refractivity contribution in [3.05, 3.63) is 85.5 Å². The number of nitrogens with zero attached hydrogens (tertiary/aromatic N) is 6. The van der Waals surface area contributed by atoms with Crippen molar-refractivity contribution >= 4 is 28.8 Å². The molecule has 2 unspecified atom stereocenters. The van der Waals surface area contributed by atoms with Gasteiger partial charge in [0.2, 0.25) is 17.7 Å². The maximum atomic E-state index is 14.7. The van der Waals surface area contributed by atoms with Crippen LogP contribution in [-0.2, 0) is 32.3 Å². The highest BCUT2D eigenvalue weighted by Gasteiger charge is 2.74. The molecule has 1 aromatic heterocycles. The first-order chi connectivity index (χ1) is 22.4. The van der Waals surface area contributed by atoms with Gasteiger partial charge in [-0.2, -0.15) is 0 Å². The van der Waals surface area contributed by atoms with E-state index >= 15 is 0 Å². The van der Waals surface area contributed by atoms with Crippen molar-refractivity contribution in [2.24, 2.45) is 11.8 Å². The van der Waals surface area contributed by atoms with Crippen LogP contribution in [0.1, 0.15) is 37.7 Å². The van der Waals surface area contributed by atoms with Crippen LogP contribution in [0, 0.1) is 11.8 Å². The summed E-state index contributed by atoms with van der Waals surface area (Å²) in [6.45, 7) is 9.21. The summed E-state index contributed by atoms with van der Waals surface area (Å²) in [5.41, 5.74) is 1.36. The quantitative estimate of drug-likeness (QED) is 0.203. The number of likely N-dealkylation sites (tertiary alicyclic amines) is 1. The number of hydrogen-bond acceptors (Lipinski definition) is 7. The molecule has 0 radical (unpaired) electrons. The smallest absolute Gasteiger partial charge is 0.250 e. The number of fused-ring (bicyclic) bond motifs is 2. The average Bonchev–Trinajstić information content (AvgIpc) is 3.82. The molecule has 242 valence electrons. The topological polar surface area (TPSA) is 121 Å². The number of aromatic nitrogens is 3. The molecule has 2 aromatic carbocycles. The Balaban J connectivity index is 1.33. The average molecular weight is 627 g/mol. The van der Waals surface area contributed by atoms with Gasteiger partial charge in [-0.15, -0.1) is 18.3 Å². The molecule has 11 heteroatoms. The minimum Gasteiger partial charge on any atom is -0.396 e. The van der Waals surface area contributed by atoms with Gasteiger partial charge in [-0.1, -0.05) is 59.8 Å². The Bertz CT molecular complexity index is 1590. The summed E-state index contributed by atoms with van der Waals surface area (Å²) >= 11 is 0. The van der Waals surface area contributed by atoms with Gasteiger partial charge in [0.05, 0.1) is 23.5 Å². The predicted octanol–water partition coefficient (Wildman–Crippen LogP) is 3.16. The summed E-state index contributed by atoms with van der Waals surface area (Å²) in [7, 11) is 0. The molecule has 1 N–H and O–H groups in total. The van der Waals surface area contributed by atoms with Crippen molar-refractivity contribution in [2.75, 3.05) is 26.2 Å². The van der Waals surface area contributed by atoms with Crippen molar-refractivity contribution in [1.82, 2.24) is 29.7 Å². The van der Waals surface area contributed by atoms with Crippen LogP contribution in [0.25, 0.3) is 11.0 Å². The molecule has 1 spiro atoms. The SMILES string of the molecule is C=CCN(Cn1nnc2ccccc21)C(=O)C1N(CCCCCO)C(=O)[C@@H]2[C@@H](C(=O)N(CC=C)Cc3ccccc3)[C@H]3CCC12O3. The van der Waals surface area contributed by atoms with E-state index in [1.807, 2.05) is 54.6 Å². The van der Waals surface area contributed by atoms with Gasteiger partial charge in [-0.05, 0) is 49.8 Å². The molecule has 3 amide bonds. The number of hydrogen-bond donors (Lipinski definition) is 1. The Kier molecular flexibility index (Phi) is 9.32. The first kappa shape index (κ1) is 31.6. The van der Waals surface area contributed by atoms with Gasteiger partial charge in [0.15, 0.2) is 0 Å². The Hall–Kier alpha value is -4.35. The molecule has 0 saturated carbocycles. The van der Waals surface area contributed by atoms with Crippen LogP contribution in [-0.4, -0.2) is 96.5 Å². The van der Waals surface area contributed by atoms with E-state index < -0.39 is 29.6 Å². The van der Waals surface area contributed by atoms with Crippen molar-refractivity contribution < 1.29 is 24.2 Å². The Morgan fingerprint density at radius 2 is 1.74 bits per heavy atom. The number of para-hydroxylation sites is 1. The number of amides is 3. The van der Waals surface area contributed by atoms with Crippen LogP contribution >= 0.6 is 0 Å². The second-order valence-electron chi connectivity index (χ2n) is 12.4. The minimum absolute atomic E-state index is 0.0593. The zero-order valence-electron chi connectivity index (χ0n) is 26.1. The fourth-order valence-electron chi connectivity index (χ4n) is 7.66. The summed E-state index contributed by atoms with van der Waals surface area (Å²) in [5, 5.41) is 17.9. The van der Waals surface area contributed by atoms with Gasteiger partial charge in [0.1, 0.15) is 23.8 Å². The van der Waals surface area contributed by atoms with Crippen LogP contribution in [0.3, 0.4) is 0 Å². The third-order valence-electron chi connectivity index (χ3n) is 9.64. The van der Waals surface area contributed by atoms with E-state index in [1.54, 1.807) is 31.5 Å². The lowest BCUT2D eigenvalue weighted by Crippen LogP contribution is -2.56. The number of carbonyl (C=O) groups excluding carboxylic acids is 3. The number of benzene rings is 2. The molecule has 5 atom stereocenters. The van der Waals surface area contributed by atoms with Crippen molar-refractivity contribution in [3.8, 4) is 0 Å². The number of ether oxygens (including phenoxy) is 1. The first-order valence-electron chi connectivity index (χ1n) is 16.1. The third kappa shape index (κ3) is 5.62. The molecule has 4 heterocycles. The second kappa shape index (κ2) is 13.6. The normalized spacial score (nSPS) is 24.7. The molecule has 3 aromatic rings. The highest BCUT2D eigenvalue weighted by Crippen LogP contribution is 2.59. The van der Waals surface area contributed by atoms with Gasteiger partial charge in [0, 0.05) is 32.8 Å². The molecule has 3 saturated heterocycles. The maximum absolute atomic E-state index is 14.7. The standard InChI is InChI=1S/C35H42N6O5/c1-3-19-38(23-25-13-7-5-8-14-25)32(43)29-28-17-18-35(46-28)30(29)33(44)40(21-11-6-12-22-42)31(35)34(45)39(20-4-2)24-41-27-16-10-9-15-26(27)36-37-41/h3-5,7-10,13-16,28-31,42H,1-2,6,11-12,17-24H2/t28-,29+,30+,31?,35?/m1/s1. The van der Waals surface area contributed by atoms with Crippen LogP contribution < -0.4 is 0 Å². The van der Waals surface area contributed by atoms with Gasteiger partial charge >= 0.3 is 0 Å². The zero-order chi connectivity index (χ0) is 32.3. The number of carbonyl (C=O) groups is 3. The fourth-order valence-corrected chi connectivity index (χ4v) is 7.66. The summed E-state index contributed by atoms with van der Waals surface area (Å²) in [6, 6.07) is 16.4. The van der Waals surface area contributed by atoms with Crippen molar-refractivity contribution in [1.29, 1.82) is 0 Å². The number of aliphatic hydroxyl groups excluding tert-OH is 1. The predicted molar refractivity (Wildman–Crippen MR) is 172 cm³/mol. The van der Waals surface area contributed by atoms with Gasteiger partial charge in [-0.25, -0.2) is 4.68 Å². The molecule has 3 aliphatic heterocycles. The highest BCUT2D eigenvalue weighted by molar-refractivity contribution is 5.99. The molecule has 3 aliphatic rings. The number of rotatable bonds is 15. The molecular weight excluding hydrogens is 584 g/mol. The van der Waals surface area contributed by atoms with E-state index in [-0.39, 0.29) is 37.5 Å². The van der Waals surface area contributed by atoms with Crippen molar-refractivity contribution in [2.45, 2.75) is 63.1 Å². The van der Waals surface area contributed by atoms with Crippen LogP contribution in [0.4, 0.5) is 0 Å². The van der Waals surface area contributed by atoms with Gasteiger partial charge < -0.3 is 24.5 Å². The lowest BCUT2D eigenvalue weighted by atomic mass is 9.70. The molecule has 46 heavy (non-hydrogen) atoms. The Morgan fingerprint density at radius 3 is 2.50 bits per heavy atom. The summed E-state index contributed by atoms with van der Waals surface area (Å²) in [5.74, 6) is -2.11. The largest absolute Gasteiger partial charge is 0.396 e. The lowest BCUT2D eigenvalue weighted by Gasteiger charge is -2.37. The van der Waals surface area contributed by atoms with Crippen molar-refractivity contribution in [3.63, 3.8) is 0 Å². The van der Waals surface area contributed by atoms with E-state index in [9.17, 15) is 19.5 Å². The molecule has 11 nitrogen and oxygen atoms in total. The van der Waals surface area contributed by atoms with Crippen LogP contribution in [0.15, 0.2) is 79.9 Å². The maximum Gasteiger partial charge on any atom is 0.250 e. The summed E-state index contributed by atoms with van der Waals surface area (Å²) in [6.07, 6.45) is 5.92. The van der Waals surface area contributed by atoms with E-state index in [0.717, 1.165) is 11.1 Å². The van der Waals surface area contributed by atoms with Crippen LogP contribution in [0.5, 0.6) is 0 Å². The highest BCUT2D eigenvalue weighted by atomic mass is 16.5. The Morgan fingerprint density at radius 1 is 1.00 bits per heavy atom. The monoisotopic (exact) mass is 626 g/mol. The van der Waals surface area contributed by atoms with Gasteiger partial charge in [-0.3, -0.25) is 14.4 Å². The van der Waals surface area contributed by atoms with E-state index in [2.05, 4.69) is 23.5 Å².